The van der Waals surface area contributed by atoms with Crippen LogP contribution in [0, 0.1) is 6.92 Å². The predicted octanol–water partition coefficient (Wildman–Crippen LogP) is 4.85. The molecule has 5 nitrogen and oxygen atoms in total. The number of hydrogen-bond donors (Lipinski definition) is 1. The normalized spacial score (nSPS) is 16.4. The molecule has 1 aliphatic heterocycles. The summed E-state index contributed by atoms with van der Waals surface area (Å²) < 4.78 is 5.33. The van der Waals surface area contributed by atoms with Crippen LogP contribution >= 0.6 is 11.3 Å². The lowest BCUT2D eigenvalue weighted by atomic mass is 9.95. The lowest BCUT2D eigenvalue weighted by molar-refractivity contribution is -0.117. The molecule has 1 unspecified atom stereocenters. The van der Waals surface area contributed by atoms with Crippen molar-refractivity contribution < 1.29 is 19.4 Å². The van der Waals surface area contributed by atoms with Gasteiger partial charge in [0.05, 0.1) is 23.6 Å². The summed E-state index contributed by atoms with van der Waals surface area (Å²) in [5.41, 5.74) is 2.34. The number of amides is 1. The van der Waals surface area contributed by atoms with Gasteiger partial charge in [-0.15, -0.1) is 11.3 Å². The Morgan fingerprint density at radius 1 is 1.10 bits per heavy atom. The maximum absolute atomic E-state index is 13.2. The van der Waals surface area contributed by atoms with Gasteiger partial charge in [-0.1, -0.05) is 30.3 Å². The topological polar surface area (TPSA) is 66.8 Å². The highest BCUT2D eigenvalue weighted by molar-refractivity contribution is 7.12. The Bertz CT molecular complexity index is 1120. The number of ether oxygens (including phenoxy) is 1. The summed E-state index contributed by atoms with van der Waals surface area (Å²) >= 11 is 1.28. The highest BCUT2D eigenvalue weighted by atomic mass is 32.1. The number of aryl methyl sites for hydroxylation is 1. The molecule has 1 atom stereocenters. The van der Waals surface area contributed by atoms with E-state index in [0.717, 1.165) is 5.56 Å². The van der Waals surface area contributed by atoms with Crippen molar-refractivity contribution in [2.45, 2.75) is 13.0 Å². The van der Waals surface area contributed by atoms with Crippen LogP contribution in [-0.2, 0) is 4.79 Å². The molecule has 4 rings (SSSR count). The van der Waals surface area contributed by atoms with E-state index >= 15 is 0 Å². The summed E-state index contributed by atoms with van der Waals surface area (Å²) in [5, 5.41) is 12.5. The van der Waals surface area contributed by atoms with Gasteiger partial charge in [0.15, 0.2) is 5.76 Å². The molecule has 3 aromatic rings. The molecule has 2 aromatic carbocycles. The Morgan fingerprint density at radius 2 is 1.90 bits per heavy atom. The highest BCUT2D eigenvalue weighted by Crippen LogP contribution is 2.43. The lowest BCUT2D eigenvalue weighted by Gasteiger charge is -2.27. The molecule has 0 fully saturated rings. The average Bonchev–Trinajstić information content (AvgIpc) is 3.35. The SMILES string of the molecule is COc1cccc(C2C(C(=O)c3cccs3)=C(O)C(=O)N2c2cccc(C)c2)c1. The predicted molar refractivity (Wildman–Crippen MR) is 113 cm³/mol. The number of thiophene rings is 1. The fourth-order valence-corrected chi connectivity index (χ4v) is 4.23. The van der Waals surface area contributed by atoms with E-state index in [0.29, 0.717) is 21.9 Å². The van der Waals surface area contributed by atoms with E-state index < -0.39 is 17.7 Å². The van der Waals surface area contributed by atoms with Crippen LogP contribution in [0.2, 0.25) is 0 Å². The first-order valence-electron chi connectivity index (χ1n) is 9.06. The summed E-state index contributed by atoms with van der Waals surface area (Å²) in [6.45, 7) is 1.93. The van der Waals surface area contributed by atoms with Crippen molar-refractivity contribution in [1.29, 1.82) is 0 Å². The molecule has 1 N–H and O–H groups in total. The third kappa shape index (κ3) is 3.32. The van der Waals surface area contributed by atoms with Crippen LogP contribution in [0.3, 0.4) is 0 Å². The van der Waals surface area contributed by atoms with Gasteiger partial charge in [0, 0.05) is 5.69 Å². The van der Waals surface area contributed by atoms with Crippen molar-refractivity contribution in [3.8, 4) is 5.75 Å². The minimum atomic E-state index is -0.756. The molecule has 6 heteroatoms. The summed E-state index contributed by atoms with van der Waals surface area (Å²) in [6, 6.07) is 17.3. The number of nitrogens with zero attached hydrogens (tertiary/aromatic N) is 1. The first-order valence-corrected chi connectivity index (χ1v) is 9.94. The number of carbonyl (C=O) groups is 2. The van der Waals surface area contributed by atoms with Crippen molar-refractivity contribution >= 4 is 28.7 Å². The van der Waals surface area contributed by atoms with E-state index in [1.165, 1.54) is 16.2 Å². The zero-order chi connectivity index (χ0) is 20.5. The average molecular weight is 405 g/mol. The van der Waals surface area contributed by atoms with Crippen molar-refractivity contribution in [3.05, 3.63) is 93.4 Å². The Kier molecular flexibility index (Phi) is 4.94. The second-order valence-corrected chi connectivity index (χ2v) is 7.71. The van der Waals surface area contributed by atoms with Crippen LogP contribution in [0.4, 0.5) is 5.69 Å². The van der Waals surface area contributed by atoms with Gasteiger partial charge in [-0.2, -0.15) is 0 Å². The Labute approximate surface area is 172 Å². The number of hydrogen-bond acceptors (Lipinski definition) is 5. The molecule has 29 heavy (non-hydrogen) atoms. The maximum atomic E-state index is 13.2. The van der Waals surface area contributed by atoms with Crippen molar-refractivity contribution in [3.63, 3.8) is 0 Å². The van der Waals surface area contributed by atoms with Crippen LogP contribution in [-0.4, -0.2) is 23.9 Å². The van der Waals surface area contributed by atoms with Crippen LogP contribution in [0.5, 0.6) is 5.75 Å². The minimum Gasteiger partial charge on any atom is -0.503 e. The molecule has 146 valence electrons. The number of rotatable bonds is 5. The number of methoxy groups -OCH3 is 1. The molecular weight excluding hydrogens is 386 g/mol. The summed E-state index contributed by atoms with van der Waals surface area (Å²) in [6.07, 6.45) is 0. The third-order valence-electron chi connectivity index (χ3n) is 4.89. The van der Waals surface area contributed by atoms with E-state index in [-0.39, 0.29) is 11.4 Å². The van der Waals surface area contributed by atoms with E-state index in [9.17, 15) is 14.7 Å². The van der Waals surface area contributed by atoms with Crippen molar-refractivity contribution in [2.24, 2.45) is 0 Å². The fraction of sp³-hybridized carbons (Fsp3) is 0.130. The van der Waals surface area contributed by atoms with Gasteiger partial charge >= 0.3 is 0 Å². The smallest absolute Gasteiger partial charge is 0.294 e. The lowest BCUT2D eigenvalue weighted by Crippen LogP contribution is -2.31. The van der Waals surface area contributed by atoms with Crippen molar-refractivity contribution in [1.82, 2.24) is 0 Å². The van der Waals surface area contributed by atoms with Crippen LogP contribution in [0.15, 0.2) is 77.4 Å². The number of ketones is 1. The molecule has 0 saturated carbocycles. The summed E-state index contributed by atoms with van der Waals surface area (Å²) in [7, 11) is 1.56. The molecule has 0 aliphatic carbocycles. The molecule has 1 amide bonds. The van der Waals surface area contributed by atoms with Gasteiger partial charge in [0.1, 0.15) is 5.75 Å². The standard InChI is InChI=1S/C23H19NO4S/c1-14-6-3-8-16(12-14)24-20(15-7-4-9-17(13-15)28-2)19(22(26)23(24)27)21(25)18-10-5-11-29-18/h3-13,20,26H,1-2H3. The summed E-state index contributed by atoms with van der Waals surface area (Å²) in [5.74, 6) is -0.858. The van der Waals surface area contributed by atoms with Crippen LogP contribution < -0.4 is 9.64 Å². The number of carbonyl (C=O) groups excluding carboxylic acids is 2. The van der Waals surface area contributed by atoms with Gasteiger partial charge in [-0.25, -0.2) is 0 Å². The Balaban J connectivity index is 1.90. The largest absolute Gasteiger partial charge is 0.503 e. The van der Waals surface area contributed by atoms with Gasteiger partial charge in [-0.05, 0) is 53.8 Å². The molecule has 0 saturated heterocycles. The fourth-order valence-electron chi connectivity index (χ4n) is 3.55. The quantitative estimate of drug-likeness (QED) is 0.617. The molecule has 0 radical (unpaired) electrons. The first-order chi connectivity index (χ1) is 14.0. The third-order valence-corrected chi connectivity index (χ3v) is 5.76. The second kappa shape index (κ2) is 7.56. The van der Waals surface area contributed by atoms with Crippen molar-refractivity contribution in [2.75, 3.05) is 12.0 Å². The van der Waals surface area contributed by atoms with E-state index in [1.54, 1.807) is 48.9 Å². The zero-order valence-corrected chi connectivity index (χ0v) is 16.8. The van der Waals surface area contributed by atoms with E-state index in [2.05, 4.69) is 0 Å². The number of anilines is 1. The monoisotopic (exact) mass is 405 g/mol. The number of benzene rings is 2. The number of aliphatic hydroxyl groups excluding tert-OH is 1. The van der Waals surface area contributed by atoms with Gasteiger partial charge in [0.25, 0.3) is 5.91 Å². The molecule has 1 aromatic heterocycles. The number of Topliss-reactive ketones (excluding diaryl/α,β-unsaturated/α-hetero) is 1. The highest BCUT2D eigenvalue weighted by Gasteiger charge is 2.44. The molecular formula is C23H19NO4S. The van der Waals surface area contributed by atoms with Gasteiger partial charge < -0.3 is 9.84 Å². The second-order valence-electron chi connectivity index (χ2n) is 6.76. The molecule has 2 heterocycles. The molecule has 1 aliphatic rings. The van der Waals surface area contributed by atoms with Gasteiger partial charge in [-0.3, -0.25) is 14.5 Å². The Hall–Kier alpha value is -3.38. The Morgan fingerprint density at radius 3 is 2.59 bits per heavy atom. The maximum Gasteiger partial charge on any atom is 0.294 e. The zero-order valence-electron chi connectivity index (χ0n) is 16.0. The van der Waals surface area contributed by atoms with E-state index in [4.69, 9.17) is 4.74 Å². The van der Waals surface area contributed by atoms with E-state index in [1.807, 2.05) is 31.2 Å². The first kappa shape index (κ1) is 19.0. The minimum absolute atomic E-state index is 0.0761. The molecule has 0 spiro atoms. The summed E-state index contributed by atoms with van der Waals surface area (Å²) in [4.78, 5) is 28.2. The molecule has 0 bridgehead atoms. The van der Waals surface area contributed by atoms with Gasteiger partial charge in [0.2, 0.25) is 5.78 Å². The van der Waals surface area contributed by atoms with Crippen LogP contribution in [0.1, 0.15) is 26.8 Å². The number of aliphatic hydroxyl groups is 1. The van der Waals surface area contributed by atoms with Crippen LogP contribution in [0.25, 0.3) is 0 Å².